The standard InChI is InChI=1S/C11H12ClN3O4/c12-7-5-13-10(14-8(7)9(16)17)15-2-1-11(6-15)18-3-4-19-11/h5H,1-4,6H2,(H,16,17). The normalized spacial score (nSPS) is 21.2. The second kappa shape index (κ2) is 4.59. The Balaban J connectivity index is 1.83. The van der Waals surface area contributed by atoms with Crippen molar-refractivity contribution in [3.8, 4) is 0 Å². The van der Waals surface area contributed by atoms with Gasteiger partial charge in [0.1, 0.15) is 0 Å². The molecule has 1 aromatic rings. The Hall–Kier alpha value is -1.44. The number of halogens is 1. The van der Waals surface area contributed by atoms with Crippen LogP contribution < -0.4 is 4.90 Å². The number of rotatable bonds is 2. The molecule has 2 aliphatic heterocycles. The third-order valence-corrected chi connectivity index (χ3v) is 3.50. The molecule has 19 heavy (non-hydrogen) atoms. The van der Waals surface area contributed by atoms with Crippen LogP contribution in [0.5, 0.6) is 0 Å². The predicted octanol–water partition coefficient (Wildman–Crippen LogP) is 0.781. The van der Waals surface area contributed by atoms with E-state index < -0.39 is 11.8 Å². The molecule has 1 N–H and O–H groups in total. The van der Waals surface area contributed by atoms with E-state index in [4.69, 9.17) is 26.2 Å². The smallest absolute Gasteiger partial charge is 0.356 e. The van der Waals surface area contributed by atoms with E-state index in [0.717, 1.165) is 0 Å². The molecule has 8 heteroatoms. The van der Waals surface area contributed by atoms with E-state index in [1.165, 1.54) is 6.20 Å². The number of anilines is 1. The fourth-order valence-corrected chi connectivity index (χ4v) is 2.49. The summed E-state index contributed by atoms with van der Waals surface area (Å²) in [5.41, 5.74) is -0.194. The Bertz CT molecular complexity index is 519. The number of nitrogens with zero attached hydrogens (tertiary/aromatic N) is 3. The molecule has 0 saturated carbocycles. The molecule has 102 valence electrons. The van der Waals surface area contributed by atoms with Crippen molar-refractivity contribution in [1.82, 2.24) is 9.97 Å². The van der Waals surface area contributed by atoms with Crippen LogP contribution in [0.1, 0.15) is 16.9 Å². The highest BCUT2D eigenvalue weighted by Crippen LogP contribution is 2.32. The van der Waals surface area contributed by atoms with Crippen LogP contribution in [0.4, 0.5) is 5.95 Å². The van der Waals surface area contributed by atoms with E-state index in [2.05, 4.69) is 9.97 Å². The third kappa shape index (κ3) is 2.24. The van der Waals surface area contributed by atoms with Crippen LogP contribution in [-0.2, 0) is 9.47 Å². The van der Waals surface area contributed by atoms with Gasteiger partial charge in [-0.15, -0.1) is 0 Å². The lowest BCUT2D eigenvalue weighted by molar-refractivity contribution is -0.138. The summed E-state index contributed by atoms with van der Waals surface area (Å²) in [5.74, 6) is -1.43. The number of aromatic carboxylic acids is 1. The van der Waals surface area contributed by atoms with Crippen molar-refractivity contribution < 1.29 is 19.4 Å². The van der Waals surface area contributed by atoms with Crippen molar-refractivity contribution in [1.29, 1.82) is 0 Å². The van der Waals surface area contributed by atoms with Gasteiger partial charge in [0.05, 0.1) is 31.0 Å². The molecule has 2 saturated heterocycles. The Kier molecular flexibility index (Phi) is 3.04. The first-order valence-electron chi connectivity index (χ1n) is 5.88. The predicted molar refractivity (Wildman–Crippen MR) is 65.5 cm³/mol. The van der Waals surface area contributed by atoms with E-state index in [0.29, 0.717) is 38.7 Å². The zero-order valence-electron chi connectivity index (χ0n) is 10.0. The highest BCUT2D eigenvalue weighted by atomic mass is 35.5. The average molecular weight is 286 g/mol. The molecule has 3 rings (SSSR count). The summed E-state index contributed by atoms with van der Waals surface area (Å²) in [6.45, 7) is 2.31. The van der Waals surface area contributed by atoms with Gasteiger partial charge in [-0.2, -0.15) is 0 Å². The minimum absolute atomic E-state index is 0.0264. The maximum atomic E-state index is 11.0. The number of aromatic nitrogens is 2. The van der Waals surface area contributed by atoms with Gasteiger partial charge in [-0.1, -0.05) is 11.6 Å². The summed E-state index contributed by atoms with van der Waals surface area (Å²) in [6, 6.07) is 0. The van der Waals surface area contributed by atoms with Crippen LogP contribution in [0, 0.1) is 0 Å². The van der Waals surface area contributed by atoms with Crippen LogP contribution in [-0.4, -0.2) is 53.1 Å². The fourth-order valence-electron chi connectivity index (χ4n) is 2.32. The molecule has 0 bridgehead atoms. The topological polar surface area (TPSA) is 84.8 Å². The first kappa shape index (κ1) is 12.6. The molecule has 0 unspecified atom stereocenters. The molecule has 2 fully saturated rings. The van der Waals surface area contributed by atoms with Crippen LogP contribution >= 0.6 is 11.6 Å². The molecule has 3 heterocycles. The maximum absolute atomic E-state index is 11.0. The second-order valence-corrected chi connectivity index (χ2v) is 4.86. The Labute approximate surface area is 114 Å². The number of hydrogen-bond acceptors (Lipinski definition) is 6. The molecular formula is C11H12ClN3O4. The minimum Gasteiger partial charge on any atom is -0.476 e. The number of carboxylic acids is 1. The molecule has 1 aromatic heterocycles. The quantitative estimate of drug-likeness (QED) is 0.859. The molecule has 1 spiro atoms. The monoisotopic (exact) mass is 285 g/mol. The summed E-state index contributed by atoms with van der Waals surface area (Å²) in [7, 11) is 0. The lowest BCUT2D eigenvalue weighted by Crippen LogP contribution is -2.35. The van der Waals surface area contributed by atoms with Gasteiger partial charge in [0, 0.05) is 13.0 Å². The van der Waals surface area contributed by atoms with E-state index >= 15 is 0 Å². The fraction of sp³-hybridized carbons (Fsp3) is 0.545. The van der Waals surface area contributed by atoms with E-state index in [9.17, 15) is 4.79 Å². The molecule has 0 aliphatic carbocycles. The van der Waals surface area contributed by atoms with Crippen molar-refractivity contribution in [2.45, 2.75) is 12.2 Å². The highest BCUT2D eigenvalue weighted by molar-refractivity contribution is 6.33. The lowest BCUT2D eigenvalue weighted by Gasteiger charge is -2.22. The van der Waals surface area contributed by atoms with Crippen molar-refractivity contribution in [2.24, 2.45) is 0 Å². The van der Waals surface area contributed by atoms with Crippen LogP contribution in [0.3, 0.4) is 0 Å². The molecule has 0 amide bonds. The number of hydrogen-bond donors (Lipinski definition) is 1. The zero-order valence-corrected chi connectivity index (χ0v) is 10.8. The summed E-state index contributed by atoms with van der Waals surface area (Å²) in [6.07, 6.45) is 2.01. The van der Waals surface area contributed by atoms with Crippen molar-refractivity contribution in [3.05, 3.63) is 16.9 Å². The van der Waals surface area contributed by atoms with Gasteiger partial charge in [-0.05, 0) is 0 Å². The maximum Gasteiger partial charge on any atom is 0.356 e. The second-order valence-electron chi connectivity index (χ2n) is 4.45. The van der Waals surface area contributed by atoms with E-state index in [-0.39, 0.29) is 10.7 Å². The molecule has 0 atom stereocenters. The molecule has 0 radical (unpaired) electrons. The minimum atomic E-state index is -1.17. The van der Waals surface area contributed by atoms with Gasteiger partial charge >= 0.3 is 5.97 Å². The zero-order chi connectivity index (χ0) is 13.5. The SMILES string of the molecule is O=C(O)c1nc(N2CCC3(C2)OCCO3)ncc1Cl. The van der Waals surface area contributed by atoms with Crippen LogP contribution in [0.15, 0.2) is 6.20 Å². The van der Waals surface area contributed by atoms with Gasteiger partial charge in [0.25, 0.3) is 0 Å². The Morgan fingerprint density at radius 3 is 2.89 bits per heavy atom. The molecular weight excluding hydrogens is 274 g/mol. The van der Waals surface area contributed by atoms with E-state index in [1.54, 1.807) is 0 Å². The van der Waals surface area contributed by atoms with Gasteiger partial charge < -0.3 is 19.5 Å². The van der Waals surface area contributed by atoms with Crippen LogP contribution in [0.25, 0.3) is 0 Å². The number of carboxylic acid groups (broad SMARTS) is 1. The van der Waals surface area contributed by atoms with Crippen molar-refractivity contribution >= 4 is 23.5 Å². The molecule has 0 aromatic carbocycles. The summed E-state index contributed by atoms with van der Waals surface area (Å²) in [4.78, 5) is 20.9. The van der Waals surface area contributed by atoms with Crippen molar-refractivity contribution in [3.63, 3.8) is 0 Å². The number of carbonyl (C=O) groups is 1. The summed E-state index contributed by atoms with van der Waals surface area (Å²) in [5, 5.41) is 9.02. The Morgan fingerprint density at radius 1 is 1.47 bits per heavy atom. The van der Waals surface area contributed by atoms with Crippen LogP contribution in [0.2, 0.25) is 5.02 Å². The van der Waals surface area contributed by atoms with Gasteiger partial charge in [-0.25, -0.2) is 14.8 Å². The first-order chi connectivity index (χ1) is 9.10. The molecule has 7 nitrogen and oxygen atoms in total. The van der Waals surface area contributed by atoms with E-state index in [1.807, 2.05) is 4.90 Å². The summed E-state index contributed by atoms with van der Waals surface area (Å²) < 4.78 is 11.2. The molecule has 2 aliphatic rings. The van der Waals surface area contributed by atoms with Crippen molar-refractivity contribution in [2.75, 3.05) is 31.2 Å². The van der Waals surface area contributed by atoms with Gasteiger partial charge in [-0.3, -0.25) is 0 Å². The third-order valence-electron chi connectivity index (χ3n) is 3.22. The number of ether oxygens (including phenoxy) is 2. The Morgan fingerprint density at radius 2 is 2.21 bits per heavy atom. The lowest BCUT2D eigenvalue weighted by atomic mass is 10.2. The first-order valence-corrected chi connectivity index (χ1v) is 6.26. The average Bonchev–Trinajstić information content (AvgIpc) is 3.01. The highest BCUT2D eigenvalue weighted by Gasteiger charge is 2.44. The van der Waals surface area contributed by atoms with Gasteiger partial charge in [0.15, 0.2) is 11.5 Å². The summed E-state index contributed by atoms with van der Waals surface area (Å²) >= 11 is 5.74. The van der Waals surface area contributed by atoms with Gasteiger partial charge in [0.2, 0.25) is 5.95 Å². The largest absolute Gasteiger partial charge is 0.476 e.